The zero-order valence-electron chi connectivity index (χ0n) is 7.52. The Balaban J connectivity index is 2.50. The first-order valence-corrected chi connectivity index (χ1v) is 4.08. The second-order valence-corrected chi connectivity index (χ2v) is 3.00. The fourth-order valence-electron chi connectivity index (χ4n) is 1.29. The van der Waals surface area contributed by atoms with Crippen molar-refractivity contribution in [3.8, 4) is 5.75 Å². The van der Waals surface area contributed by atoms with Crippen molar-refractivity contribution in [1.29, 1.82) is 0 Å². The Morgan fingerprint density at radius 1 is 1.53 bits per heavy atom. The number of amides is 1. The van der Waals surface area contributed by atoms with Gasteiger partial charge in [-0.3, -0.25) is 14.9 Å². The van der Waals surface area contributed by atoms with Crippen LogP contribution in [-0.2, 0) is 4.79 Å². The molecule has 2 rings (SSSR count). The lowest BCUT2D eigenvalue weighted by atomic mass is 10.2. The normalized spacial score (nSPS) is 13.7. The van der Waals surface area contributed by atoms with E-state index < -0.39 is 4.92 Å². The summed E-state index contributed by atoms with van der Waals surface area (Å²) in [6.07, 6.45) is 0. The summed E-state index contributed by atoms with van der Waals surface area (Å²) in [6.45, 7) is -0.145. The first-order valence-electron chi connectivity index (χ1n) is 4.08. The number of nitrogens with two attached hydrogens (primary N) is 1. The highest BCUT2D eigenvalue weighted by Crippen LogP contribution is 2.35. The van der Waals surface area contributed by atoms with Gasteiger partial charge in [-0.05, 0) is 6.07 Å². The molecule has 7 nitrogen and oxygen atoms in total. The molecule has 1 aromatic rings. The summed E-state index contributed by atoms with van der Waals surface area (Å²) in [5, 5.41) is 13.1. The fourth-order valence-corrected chi connectivity index (χ4v) is 1.29. The fraction of sp³-hybridized carbons (Fsp3) is 0.125. The maximum atomic E-state index is 10.9. The number of carbonyl (C=O) groups excluding carboxylic acids is 1. The zero-order chi connectivity index (χ0) is 11.0. The third kappa shape index (κ3) is 1.54. The van der Waals surface area contributed by atoms with Gasteiger partial charge in [-0.1, -0.05) is 0 Å². The molecule has 1 aliphatic rings. The molecule has 3 N–H and O–H groups in total. The molecule has 1 aromatic carbocycles. The predicted octanol–water partition coefficient (Wildman–Crippen LogP) is 0.508. The third-order valence-corrected chi connectivity index (χ3v) is 1.96. The summed E-state index contributed by atoms with van der Waals surface area (Å²) < 4.78 is 5.01. The Bertz CT molecular complexity index is 457. The standard InChI is InChI=1S/C8H7N3O4/c9-4-1-5-7(2-6(4)11(13)14)15-3-8(12)10-5/h1-2H,3,9H2,(H,10,12). The third-order valence-electron chi connectivity index (χ3n) is 1.96. The average molecular weight is 209 g/mol. The van der Waals surface area contributed by atoms with Crippen LogP contribution in [-0.4, -0.2) is 17.4 Å². The summed E-state index contributed by atoms with van der Waals surface area (Å²) in [7, 11) is 0. The summed E-state index contributed by atoms with van der Waals surface area (Å²) in [5.41, 5.74) is 5.56. The van der Waals surface area contributed by atoms with Crippen molar-refractivity contribution in [3.05, 3.63) is 22.2 Å². The monoisotopic (exact) mass is 209 g/mol. The second kappa shape index (κ2) is 3.12. The lowest BCUT2D eigenvalue weighted by Crippen LogP contribution is -2.25. The number of nitro benzene ring substituents is 1. The van der Waals surface area contributed by atoms with Gasteiger partial charge in [0, 0.05) is 0 Å². The molecule has 0 bridgehead atoms. The molecule has 0 atom stereocenters. The van der Waals surface area contributed by atoms with Crippen molar-refractivity contribution < 1.29 is 14.5 Å². The van der Waals surface area contributed by atoms with E-state index in [0.717, 1.165) is 0 Å². The number of fused-ring (bicyclic) bond motifs is 1. The van der Waals surface area contributed by atoms with Crippen molar-refractivity contribution in [2.24, 2.45) is 0 Å². The highest BCUT2D eigenvalue weighted by Gasteiger charge is 2.22. The first kappa shape index (κ1) is 9.25. The molecule has 0 aliphatic carbocycles. The topological polar surface area (TPSA) is 107 Å². The first-order chi connectivity index (χ1) is 7.08. The number of anilines is 2. The molecule has 7 heteroatoms. The second-order valence-electron chi connectivity index (χ2n) is 3.00. The minimum atomic E-state index is -0.602. The van der Waals surface area contributed by atoms with Crippen LogP contribution >= 0.6 is 0 Å². The number of nitrogens with one attached hydrogen (secondary N) is 1. The summed E-state index contributed by atoms with van der Waals surface area (Å²) in [6, 6.07) is 2.51. The summed E-state index contributed by atoms with van der Waals surface area (Å²) >= 11 is 0. The Labute approximate surface area is 84.0 Å². The Morgan fingerprint density at radius 3 is 2.93 bits per heavy atom. The van der Waals surface area contributed by atoms with Gasteiger partial charge in [0.25, 0.3) is 11.6 Å². The van der Waals surface area contributed by atoms with E-state index in [4.69, 9.17) is 10.5 Å². The molecule has 1 amide bonds. The molecular weight excluding hydrogens is 202 g/mol. The van der Waals surface area contributed by atoms with E-state index >= 15 is 0 Å². The van der Waals surface area contributed by atoms with Gasteiger partial charge in [0.15, 0.2) is 12.4 Å². The summed E-state index contributed by atoms with van der Waals surface area (Å²) in [4.78, 5) is 20.9. The van der Waals surface area contributed by atoms with Crippen molar-refractivity contribution in [1.82, 2.24) is 0 Å². The van der Waals surface area contributed by atoms with E-state index in [2.05, 4.69) is 5.32 Å². The predicted molar refractivity (Wildman–Crippen MR) is 51.6 cm³/mol. The molecule has 0 aromatic heterocycles. The Hall–Kier alpha value is -2.31. The highest BCUT2D eigenvalue weighted by molar-refractivity contribution is 5.96. The van der Waals surface area contributed by atoms with Gasteiger partial charge in [-0.25, -0.2) is 0 Å². The van der Waals surface area contributed by atoms with E-state index in [-0.39, 0.29) is 29.6 Å². The van der Waals surface area contributed by atoms with Crippen LogP contribution < -0.4 is 15.8 Å². The smallest absolute Gasteiger partial charge is 0.295 e. The van der Waals surface area contributed by atoms with Crippen LogP contribution in [0.2, 0.25) is 0 Å². The van der Waals surface area contributed by atoms with Crippen molar-refractivity contribution in [2.75, 3.05) is 17.7 Å². The highest BCUT2D eigenvalue weighted by atomic mass is 16.6. The molecule has 0 saturated carbocycles. The van der Waals surface area contributed by atoms with Crippen LogP contribution in [0.3, 0.4) is 0 Å². The molecule has 0 fully saturated rings. The molecule has 78 valence electrons. The molecule has 0 unspecified atom stereocenters. The van der Waals surface area contributed by atoms with E-state index in [0.29, 0.717) is 5.69 Å². The maximum absolute atomic E-state index is 10.9. The largest absolute Gasteiger partial charge is 0.481 e. The molecule has 1 aliphatic heterocycles. The van der Waals surface area contributed by atoms with Gasteiger partial charge >= 0.3 is 0 Å². The molecule has 1 heterocycles. The molecule has 0 saturated heterocycles. The van der Waals surface area contributed by atoms with Crippen LogP contribution in [0.15, 0.2) is 12.1 Å². The van der Waals surface area contributed by atoms with Crippen LogP contribution in [0.5, 0.6) is 5.75 Å². The van der Waals surface area contributed by atoms with E-state index in [1.165, 1.54) is 12.1 Å². The van der Waals surface area contributed by atoms with Crippen LogP contribution in [0.1, 0.15) is 0 Å². The van der Waals surface area contributed by atoms with Crippen molar-refractivity contribution in [2.45, 2.75) is 0 Å². The van der Waals surface area contributed by atoms with Gasteiger partial charge in [0.05, 0.1) is 16.7 Å². The molecule has 0 radical (unpaired) electrons. The Morgan fingerprint density at radius 2 is 2.27 bits per heavy atom. The number of nitrogens with zero attached hydrogens (tertiary/aromatic N) is 1. The average Bonchev–Trinajstić information content (AvgIpc) is 2.15. The maximum Gasteiger partial charge on any atom is 0.295 e. The number of rotatable bonds is 1. The van der Waals surface area contributed by atoms with Gasteiger partial charge in [0.1, 0.15) is 5.69 Å². The Kier molecular flexibility index (Phi) is 1.93. The number of nitrogen functional groups attached to an aromatic ring is 1. The van der Waals surface area contributed by atoms with Crippen molar-refractivity contribution in [3.63, 3.8) is 0 Å². The van der Waals surface area contributed by atoms with Crippen LogP contribution in [0.4, 0.5) is 17.1 Å². The zero-order valence-corrected chi connectivity index (χ0v) is 7.52. The number of ether oxygens (including phenoxy) is 1. The SMILES string of the molecule is Nc1cc2c(cc1[N+](=O)[O-])OCC(=O)N2. The quantitative estimate of drug-likeness (QED) is 0.398. The number of benzene rings is 1. The van der Waals surface area contributed by atoms with E-state index in [1.807, 2.05) is 0 Å². The lowest BCUT2D eigenvalue weighted by Gasteiger charge is -2.17. The van der Waals surface area contributed by atoms with E-state index in [1.54, 1.807) is 0 Å². The molecular formula is C8H7N3O4. The van der Waals surface area contributed by atoms with Gasteiger partial charge in [0.2, 0.25) is 0 Å². The molecule has 15 heavy (non-hydrogen) atoms. The van der Waals surface area contributed by atoms with Gasteiger partial charge < -0.3 is 15.8 Å². The van der Waals surface area contributed by atoms with Gasteiger partial charge in [-0.2, -0.15) is 0 Å². The van der Waals surface area contributed by atoms with E-state index in [9.17, 15) is 14.9 Å². The summed E-state index contributed by atoms with van der Waals surface area (Å²) in [5.74, 6) is -0.0498. The van der Waals surface area contributed by atoms with Gasteiger partial charge in [-0.15, -0.1) is 0 Å². The minimum Gasteiger partial charge on any atom is -0.481 e. The number of nitro groups is 1. The number of carbonyl (C=O) groups is 1. The van der Waals surface area contributed by atoms with Crippen molar-refractivity contribution >= 4 is 23.0 Å². The minimum absolute atomic E-state index is 0.00968. The lowest BCUT2D eigenvalue weighted by molar-refractivity contribution is -0.384. The van der Waals surface area contributed by atoms with Crippen LogP contribution in [0.25, 0.3) is 0 Å². The van der Waals surface area contributed by atoms with Crippen LogP contribution in [0, 0.1) is 10.1 Å². The number of hydrogen-bond acceptors (Lipinski definition) is 5. The number of hydrogen-bond donors (Lipinski definition) is 2. The molecule has 0 spiro atoms.